The summed E-state index contributed by atoms with van der Waals surface area (Å²) in [4.78, 5) is 11.5. The second-order valence-corrected chi connectivity index (χ2v) is 7.16. The minimum atomic E-state index is 0.192. The molecule has 0 radical (unpaired) electrons. The van der Waals surface area contributed by atoms with Gasteiger partial charge in [-0.25, -0.2) is 9.98 Å². The van der Waals surface area contributed by atoms with Gasteiger partial charge in [0.15, 0.2) is 5.96 Å². The van der Waals surface area contributed by atoms with E-state index in [-0.39, 0.29) is 6.04 Å². The van der Waals surface area contributed by atoms with E-state index in [1.807, 2.05) is 24.3 Å². The van der Waals surface area contributed by atoms with Gasteiger partial charge in [-0.2, -0.15) is 0 Å². The number of rotatable bonds is 11. The Kier molecular flexibility index (Phi) is 8.99. The molecule has 1 saturated heterocycles. The summed E-state index contributed by atoms with van der Waals surface area (Å²) in [7, 11) is 1.65. The van der Waals surface area contributed by atoms with Crippen LogP contribution in [0.15, 0.2) is 46.1 Å². The molecule has 2 aromatic rings. The van der Waals surface area contributed by atoms with E-state index in [1.54, 1.807) is 19.6 Å². The SMILES string of the molecule is CCNC(=NCc1cccnc1OCCOC)NCC(c1ccco1)N1CCCC1. The van der Waals surface area contributed by atoms with Gasteiger partial charge < -0.3 is 24.5 Å². The summed E-state index contributed by atoms with van der Waals surface area (Å²) in [5, 5.41) is 6.81. The number of aromatic nitrogens is 1. The average Bonchev–Trinajstić information content (AvgIpc) is 3.48. The molecule has 8 heteroatoms. The number of aliphatic imine (C=N–C) groups is 1. The van der Waals surface area contributed by atoms with Gasteiger partial charge in [-0.05, 0) is 51.1 Å². The summed E-state index contributed by atoms with van der Waals surface area (Å²) in [5.74, 6) is 2.35. The van der Waals surface area contributed by atoms with Crippen LogP contribution in [-0.4, -0.2) is 62.3 Å². The molecule has 8 nitrogen and oxygen atoms in total. The highest BCUT2D eigenvalue weighted by atomic mass is 16.5. The van der Waals surface area contributed by atoms with Crippen molar-refractivity contribution in [3.63, 3.8) is 0 Å². The first-order chi connectivity index (χ1) is 14.8. The van der Waals surface area contributed by atoms with E-state index in [0.29, 0.717) is 25.6 Å². The van der Waals surface area contributed by atoms with Crippen LogP contribution in [0.4, 0.5) is 0 Å². The zero-order chi connectivity index (χ0) is 21.0. The van der Waals surface area contributed by atoms with Crippen molar-refractivity contribution in [1.82, 2.24) is 20.5 Å². The van der Waals surface area contributed by atoms with Gasteiger partial charge in [-0.15, -0.1) is 0 Å². The molecule has 3 heterocycles. The Balaban J connectivity index is 1.64. The van der Waals surface area contributed by atoms with Gasteiger partial charge >= 0.3 is 0 Å². The zero-order valence-corrected chi connectivity index (χ0v) is 18.0. The fourth-order valence-electron chi connectivity index (χ4n) is 3.54. The molecule has 2 N–H and O–H groups in total. The maximum atomic E-state index is 5.72. The smallest absolute Gasteiger partial charge is 0.218 e. The van der Waals surface area contributed by atoms with E-state index in [2.05, 4.69) is 27.4 Å². The van der Waals surface area contributed by atoms with Crippen LogP contribution in [0.5, 0.6) is 5.88 Å². The van der Waals surface area contributed by atoms with E-state index in [0.717, 1.165) is 43.5 Å². The Morgan fingerprint density at radius 3 is 2.83 bits per heavy atom. The Morgan fingerprint density at radius 2 is 2.10 bits per heavy atom. The van der Waals surface area contributed by atoms with Gasteiger partial charge in [-0.3, -0.25) is 4.90 Å². The van der Waals surface area contributed by atoms with Gasteiger partial charge in [-0.1, -0.05) is 6.07 Å². The minimum Gasteiger partial charge on any atom is -0.475 e. The molecule has 2 aromatic heterocycles. The molecule has 164 valence electrons. The summed E-state index contributed by atoms with van der Waals surface area (Å²) in [6.45, 7) is 7.22. The molecule has 0 saturated carbocycles. The van der Waals surface area contributed by atoms with Gasteiger partial charge in [0, 0.05) is 32.0 Å². The Hall–Kier alpha value is -2.58. The normalized spacial score (nSPS) is 15.9. The molecule has 1 atom stereocenters. The Morgan fingerprint density at radius 1 is 1.23 bits per heavy atom. The van der Waals surface area contributed by atoms with E-state index >= 15 is 0 Å². The number of hydrogen-bond acceptors (Lipinski definition) is 6. The lowest BCUT2D eigenvalue weighted by molar-refractivity contribution is 0.143. The number of pyridine rings is 1. The van der Waals surface area contributed by atoms with Crippen LogP contribution in [0.1, 0.15) is 37.1 Å². The van der Waals surface area contributed by atoms with Crippen LogP contribution < -0.4 is 15.4 Å². The molecule has 0 aliphatic carbocycles. The third-order valence-corrected chi connectivity index (χ3v) is 5.04. The van der Waals surface area contributed by atoms with Crippen LogP contribution in [0.3, 0.4) is 0 Å². The zero-order valence-electron chi connectivity index (χ0n) is 18.0. The number of likely N-dealkylation sites (tertiary alicyclic amines) is 1. The van der Waals surface area contributed by atoms with Crippen molar-refractivity contribution in [2.45, 2.75) is 32.4 Å². The second-order valence-electron chi connectivity index (χ2n) is 7.16. The fourth-order valence-corrected chi connectivity index (χ4v) is 3.54. The number of guanidine groups is 1. The lowest BCUT2D eigenvalue weighted by Gasteiger charge is -2.26. The molecule has 0 aromatic carbocycles. The van der Waals surface area contributed by atoms with Gasteiger partial charge in [0.25, 0.3) is 0 Å². The largest absolute Gasteiger partial charge is 0.475 e. The minimum absolute atomic E-state index is 0.192. The van der Waals surface area contributed by atoms with Crippen LogP contribution >= 0.6 is 0 Å². The number of furan rings is 1. The molecule has 1 aliphatic heterocycles. The Bertz CT molecular complexity index is 760. The lowest BCUT2D eigenvalue weighted by atomic mass is 10.2. The van der Waals surface area contributed by atoms with Gasteiger partial charge in [0.05, 0.1) is 25.5 Å². The van der Waals surface area contributed by atoms with Crippen molar-refractivity contribution in [2.24, 2.45) is 4.99 Å². The van der Waals surface area contributed by atoms with Crippen LogP contribution in [0.2, 0.25) is 0 Å². The monoisotopic (exact) mass is 415 g/mol. The van der Waals surface area contributed by atoms with Crippen molar-refractivity contribution in [1.29, 1.82) is 0 Å². The van der Waals surface area contributed by atoms with Crippen molar-refractivity contribution in [2.75, 3.05) is 46.5 Å². The molecule has 30 heavy (non-hydrogen) atoms. The molecule has 0 spiro atoms. The van der Waals surface area contributed by atoms with E-state index in [9.17, 15) is 0 Å². The maximum absolute atomic E-state index is 5.72. The molecular weight excluding hydrogens is 382 g/mol. The highest BCUT2D eigenvalue weighted by molar-refractivity contribution is 5.79. The van der Waals surface area contributed by atoms with Crippen LogP contribution in [-0.2, 0) is 11.3 Å². The summed E-state index contributed by atoms with van der Waals surface area (Å²) in [6, 6.07) is 8.07. The van der Waals surface area contributed by atoms with Crippen molar-refractivity contribution in [3.8, 4) is 5.88 Å². The quantitative estimate of drug-likeness (QED) is 0.331. The molecule has 3 rings (SSSR count). The van der Waals surface area contributed by atoms with Gasteiger partial charge in [0.2, 0.25) is 5.88 Å². The Labute approximate surface area is 178 Å². The van der Waals surface area contributed by atoms with Crippen molar-refractivity contribution >= 4 is 5.96 Å². The van der Waals surface area contributed by atoms with Crippen LogP contribution in [0, 0.1) is 0 Å². The number of nitrogens with zero attached hydrogens (tertiary/aromatic N) is 3. The topological polar surface area (TPSA) is 84.2 Å². The summed E-state index contributed by atoms with van der Waals surface area (Å²) >= 11 is 0. The standard InChI is InChI=1S/C22H33N5O3/c1-3-23-22(25-16-18-8-6-10-24-21(18)30-15-14-28-2)26-17-19(20-9-7-13-29-20)27-11-4-5-12-27/h6-10,13,19H,3-5,11-12,14-17H2,1-2H3,(H2,23,25,26). The van der Waals surface area contributed by atoms with Crippen molar-refractivity contribution in [3.05, 3.63) is 48.0 Å². The first-order valence-electron chi connectivity index (χ1n) is 10.7. The molecular formula is C22H33N5O3. The molecule has 1 fully saturated rings. The predicted molar refractivity (Wildman–Crippen MR) is 117 cm³/mol. The first kappa shape index (κ1) is 22.1. The number of nitrogens with one attached hydrogen (secondary N) is 2. The van der Waals surface area contributed by atoms with Crippen LogP contribution in [0.25, 0.3) is 0 Å². The molecule has 1 unspecified atom stereocenters. The summed E-state index contributed by atoms with van der Waals surface area (Å²) in [5.41, 5.74) is 0.938. The highest BCUT2D eigenvalue weighted by Crippen LogP contribution is 2.24. The van der Waals surface area contributed by atoms with E-state index in [1.165, 1.54) is 12.8 Å². The molecule has 1 aliphatic rings. The predicted octanol–water partition coefficient (Wildman–Crippen LogP) is 2.59. The first-order valence-corrected chi connectivity index (χ1v) is 10.7. The maximum Gasteiger partial charge on any atom is 0.218 e. The van der Waals surface area contributed by atoms with Gasteiger partial charge in [0.1, 0.15) is 12.4 Å². The highest BCUT2D eigenvalue weighted by Gasteiger charge is 2.25. The second kappa shape index (κ2) is 12.2. The average molecular weight is 416 g/mol. The van der Waals surface area contributed by atoms with E-state index < -0.39 is 0 Å². The third-order valence-electron chi connectivity index (χ3n) is 5.04. The van der Waals surface area contributed by atoms with Crippen molar-refractivity contribution < 1.29 is 13.9 Å². The summed E-state index contributed by atoms with van der Waals surface area (Å²) in [6.07, 6.45) is 5.93. The third kappa shape index (κ3) is 6.47. The number of methoxy groups -OCH3 is 1. The molecule has 0 bridgehead atoms. The lowest BCUT2D eigenvalue weighted by Crippen LogP contribution is -2.42. The summed E-state index contributed by atoms with van der Waals surface area (Å²) < 4.78 is 16.5. The fraction of sp³-hybridized carbons (Fsp3) is 0.545. The molecule has 0 amide bonds. The number of hydrogen-bond donors (Lipinski definition) is 2. The van der Waals surface area contributed by atoms with E-state index in [4.69, 9.17) is 18.9 Å². The number of ether oxygens (including phenoxy) is 2.